The number of nitrogens with zero attached hydrogens (tertiary/aromatic N) is 1. The number of rotatable bonds is 6. The normalized spacial score (nSPS) is 10.1. The molecule has 0 aliphatic carbocycles. The summed E-state index contributed by atoms with van der Waals surface area (Å²) in [4.78, 5) is 13.6. The second-order valence-corrected chi connectivity index (χ2v) is 4.67. The Bertz CT molecular complexity index is 364. The molecule has 0 aliphatic heterocycles. The zero-order chi connectivity index (χ0) is 12.7. The lowest BCUT2D eigenvalue weighted by Gasteiger charge is -2.18. The molecule has 3 nitrogen and oxygen atoms in total. The van der Waals surface area contributed by atoms with Gasteiger partial charge in [-0.1, -0.05) is 22.0 Å². The lowest BCUT2D eigenvalue weighted by molar-refractivity contribution is -0.130. The number of carbonyl (C=O) groups is 1. The molecule has 94 valence electrons. The molecule has 0 bridgehead atoms. The Hall–Kier alpha value is -1.03. The second-order valence-electron chi connectivity index (χ2n) is 3.75. The molecule has 0 fully saturated rings. The molecule has 0 heterocycles. The molecule has 0 aromatic heterocycles. The number of hydrogen-bond donors (Lipinski definition) is 1. The molecule has 1 aromatic carbocycles. The van der Waals surface area contributed by atoms with Gasteiger partial charge in [-0.25, -0.2) is 0 Å². The minimum Gasteiger partial charge on any atom is -0.384 e. The Morgan fingerprint density at radius 1 is 1.35 bits per heavy atom. The molecule has 0 aliphatic rings. The maximum absolute atomic E-state index is 11.7. The van der Waals surface area contributed by atoms with Gasteiger partial charge in [-0.3, -0.25) is 4.79 Å². The molecule has 0 unspecified atom stereocenters. The minimum atomic E-state index is 0.206. The van der Waals surface area contributed by atoms with E-state index in [1.54, 1.807) is 0 Å². The highest BCUT2D eigenvalue weighted by Crippen LogP contribution is 2.15. The highest BCUT2D eigenvalue weighted by molar-refractivity contribution is 9.10. The fourth-order valence-electron chi connectivity index (χ4n) is 1.65. The molecule has 0 spiro atoms. The van der Waals surface area contributed by atoms with E-state index in [4.69, 9.17) is 0 Å². The number of amides is 1. The summed E-state index contributed by atoms with van der Waals surface area (Å²) in [7, 11) is 0. The van der Waals surface area contributed by atoms with E-state index >= 15 is 0 Å². The van der Waals surface area contributed by atoms with Gasteiger partial charge < -0.3 is 10.2 Å². The van der Waals surface area contributed by atoms with Gasteiger partial charge in [0.05, 0.1) is 0 Å². The summed E-state index contributed by atoms with van der Waals surface area (Å²) < 4.78 is 1.04. The zero-order valence-electron chi connectivity index (χ0n) is 10.4. The van der Waals surface area contributed by atoms with Gasteiger partial charge in [0.25, 0.3) is 0 Å². The molecule has 0 saturated heterocycles. The van der Waals surface area contributed by atoms with Crippen molar-refractivity contribution in [1.82, 2.24) is 4.90 Å². The third-order valence-electron chi connectivity index (χ3n) is 2.61. The van der Waals surface area contributed by atoms with Gasteiger partial charge in [-0.05, 0) is 32.0 Å². The van der Waals surface area contributed by atoms with Crippen LogP contribution in [0.2, 0.25) is 0 Å². The van der Waals surface area contributed by atoms with Gasteiger partial charge in [0.2, 0.25) is 5.91 Å². The van der Waals surface area contributed by atoms with Crippen LogP contribution in [0.15, 0.2) is 28.7 Å². The largest absolute Gasteiger partial charge is 0.384 e. The van der Waals surface area contributed by atoms with Crippen molar-refractivity contribution in [2.75, 3.05) is 25.0 Å². The smallest absolute Gasteiger partial charge is 0.224 e. The van der Waals surface area contributed by atoms with Crippen LogP contribution in [0, 0.1) is 0 Å². The van der Waals surface area contributed by atoms with Crippen molar-refractivity contribution in [1.29, 1.82) is 0 Å². The molecule has 1 N–H and O–H groups in total. The van der Waals surface area contributed by atoms with E-state index in [1.807, 2.05) is 43.0 Å². The summed E-state index contributed by atoms with van der Waals surface area (Å²) in [6, 6.07) is 7.94. The Morgan fingerprint density at radius 3 is 2.65 bits per heavy atom. The van der Waals surface area contributed by atoms with E-state index in [-0.39, 0.29) is 5.91 Å². The first-order chi connectivity index (χ1) is 8.17. The second kappa shape index (κ2) is 7.33. The number of benzene rings is 1. The zero-order valence-corrected chi connectivity index (χ0v) is 12.0. The highest BCUT2D eigenvalue weighted by Gasteiger charge is 2.08. The molecule has 17 heavy (non-hydrogen) atoms. The lowest BCUT2D eigenvalue weighted by atomic mass is 10.3. The van der Waals surface area contributed by atoms with Gasteiger partial charge >= 0.3 is 0 Å². The van der Waals surface area contributed by atoms with Crippen molar-refractivity contribution < 1.29 is 4.79 Å². The first-order valence-corrected chi connectivity index (χ1v) is 6.73. The molecule has 1 aromatic rings. The van der Waals surface area contributed by atoms with Crippen molar-refractivity contribution in [2.45, 2.75) is 20.3 Å². The summed E-state index contributed by atoms with van der Waals surface area (Å²) in [5, 5.41) is 3.24. The van der Waals surface area contributed by atoms with Crippen molar-refractivity contribution in [2.24, 2.45) is 0 Å². The average molecular weight is 299 g/mol. The molecule has 0 atom stereocenters. The Balaban J connectivity index is 2.35. The lowest BCUT2D eigenvalue weighted by Crippen LogP contribution is -2.31. The van der Waals surface area contributed by atoms with Gasteiger partial charge in [-0.2, -0.15) is 0 Å². The molecule has 1 rings (SSSR count). The van der Waals surface area contributed by atoms with Crippen molar-refractivity contribution in [3.63, 3.8) is 0 Å². The predicted molar refractivity (Wildman–Crippen MR) is 75.2 cm³/mol. The summed E-state index contributed by atoms with van der Waals surface area (Å²) in [6.07, 6.45) is 0.536. The Kier molecular flexibility index (Phi) is 6.05. The highest BCUT2D eigenvalue weighted by atomic mass is 79.9. The molecule has 1 amide bonds. The van der Waals surface area contributed by atoms with Crippen LogP contribution in [0.25, 0.3) is 0 Å². The average Bonchev–Trinajstić information content (AvgIpc) is 2.30. The monoisotopic (exact) mass is 298 g/mol. The minimum absolute atomic E-state index is 0.206. The van der Waals surface area contributed by atoms with Gasteiger partial charge in [0.15, 0.2) is 0 Å². The van der Waals surface area contributed by atoms with Crippen molar-refractivity contribution in [3.05, 3.63) is 28.7 Å². The van der Waals surface area contributed by atoms with E-state index in [0.29, 0.717) is 13.0 Å². The number of anilines is 1. The van der Waals surface area contributed by atoms with Gasteiger partial charge in [-0.15, -0.1) is 0 Å². The maximum Gasteiger partial charge on any atom is 0.224 e. The summed E-state index contributed by atoms with van der Waals surface area (Å²) in [6.45, 7) is 6.25. The quantitative estimate of drug-likeness (QED) is 0.875. The van der Waals surface area contributed by atoms with Crippen LogP contribution < -0.4 is 5.32 Å². The van der Waals surface area contributed by atoms with Crippen LogP contribution in [0.5, 0.6) is 0 Å². The van der Waals surface area contributed by atoms with Crippen molar-refractivity contribution >= 4 is 27.5 Å². The topological polar surface area (TPSA) is 32.3 Å². The number of nitrogens with one attached hydrogen (secondary N) is 1. The third kappa shape index (κ3) is 4.77. The van der Waals surface area contributed by atoms with Crippen LogP contribution in [0.3, 0.4) is 0 Å². The first kappa shape index (κ1) is 14.0. The third-order valence-corrected chi connectivity index (χ3v) is 3.10. The van der Waals surface area contributed by atoms with Crippen LogP contribution in [0.4, 0.5) is 5.69 Å². The Morgan fingerprint density at radius 2 is 2.06 bits per heavy atom. The van der Waals surface area contributed by atoms with E-state index in [0.717, 1.165) is 23.2 Å². The number of halogens is 1. The predicted octanol–water partition coefficient (Wildman–Crippen LogP) is 3.12. The number of hydrogen-bond acceptors (Lipinski definition) is 2. The molecule has 4 heteroatoms. The van der Waals surface area contributed by atoms with Gasteiger partial charge in [0.1, 0.15) is 0 Å². The Labute approximate surface area is 111 Å². The van der Waals surface area contributed by atoms with E-state index in [2.05, 4.69) is 21.2 Å². The van der Waals surface area contributed by atoms with E-state index in [1.165, 1.54) is 0 Å². The SMILES string of the molecule is CCN(CC)C(=O)CCNc1cccc(Br)c1. The first-order valence-electron chi connectivity index (χ1n) is 5.94. The van der Waals surface area contributed by atoms with E-state index < -0.39 is 0 Å². The summed E-state index contributed by atoms with van der Waals surface area (Å²) in [5.41, 5.74) is 1.03. The summed E-state index contributed by atoms with van der Waals surface area (Å²) in [5.74, 6) is 0.206. The molecule has 0 saturated carbocycles. The van der Waals surface area contributed by atoms with Crippen LogP contribution >= 0.6 is 15.9 Å². The summed E-state index contributed by atoms with van der Waals surface area (Å²) >= 11 is 3.41. The van der Waals surface area contributed by atoms with Gasteiger partial charge in [0, 0.05) is 36.2 Å². The van der Waals surface area contributed by atoms with Crippen molar-refractivity contribution in [3.8, 4) is 0 Å². The molecular weight excluding hydrogens is 280 g/mol. The number of carbonyl (C=O) groups excluding carboxylic acids is 1. The van der Waals surface area contributed by atoms with E-state index in [9.17, 15) is 4.79 Å². The van der Waals surface area contributed by atoms with Crippen LogP contribution in [-0.2, 0) is 4.79 Å². The maximum atomic E-state index is 11.7. The fraction of sp³-hybridized carbons (Fsp3) is 0.462. The van der Waals surface area contributed by atoms with Crippen LogP contribution in [0.1, 0.15) is 20.3 Å². The molecule has 0 radical (unpaired) electrons. The molecular formula is C13H19BrN2O. The fourth-order valence-corrected chi connectivity index (χ4v) is 2.05. The van der Waals surface area contributed by atoms with Crippen LogP contribution in [-0.4, -0.2) is 30.4 Å². The standard InChI is InChI=1S/C13H19BrN2O/c1-3-16(4-2)13(17)8-9-15-12-7-5-6-11(14)10-12/h5-7,10,15H,3-4,8-9H2,1-2H3.